The Morgan fingerprint density at radius 2 is 2.12 bits per heavy atom. The first kappa shape index (κ1) is 17.2. The van der Waals surface area contributed by atoms with Crippen LogP contribution in [0, 0.1) is 26.2 Å². The Balaban J connectivity index is 1.97. The number of rotatable bonds is 6. The van der Waals surface area contributed by atoms with Crippen LogP contribution >= 0.6 is 0 Å². The molecule has 24 heavy (non-hydrogen) atoms. The number of nitrogens with two attached hydrogens (primary N) is 1. The lowest BCUT2D eigenvalue weighted by Gasteiger charge is -2.10. The second kappa shape index (κ2) is 7.41. The van der Waals surface area contributed by atoms with Gasteiger partial charge in [-0.15, -0.1) is 11.5 Å². The number of esters is 1. The number of nitrogens with zero attached hydrogens (tertiary/aromatic N) is 4. The van der Waals surface area contributed by atoms with Crippen LogP contribution in [0.15, 0.2) is 0 Å². The van der Waals surface area contributed by atoms with Gasteiger partial charge < -0.3 is 15.8 Å². The molecule has 126 valence electrons. The number of hydrogen-bond donors (Lipinski definition) is 2. The van der Waals surface area contributed by atoms with Crippen molar-refractivity contribution < 1.29 is 14.3 Å². The van der Waals surface area contributed by atoms with Gasteiger partial charge in [-0.2, -0.15) is 9.50 Å². The van der Waals surface area contributed by atoms with Crippen LogP contribution in [0.5, 0.6) is 0 Å². The molecule has 0 aliphatic rings. The Kier molecular flexibility index (Phi) is 5.31. The Hall–Kier alpha value is -3.15. The summed E-state index contributed by atoms with van der Waals surface area (Å²) in [5.74, 6) is 1.90. The van der Waals surface area contributed by atoms with Crippen molar-refractivity contribution in [1.82, 2.24) is 24.9 Å². The summed E-state index contributed by atoms with van der Waals surface area (Å²) in [7, 11) is 0. The molecule has 2 aromatic rings. The summed E-state index contributed by atoms with van der Waals surface area (Å²) < 4.78 is 6.44. The summed E-state index contributed by atoms with van der Waals surface area (Å²) in [5, 5.41) is 6.47. The van der Waals surface area contributed by atoms with Gasteiger partial charge in [0, 0.05) is 17.8 Å². The highest BCUT2D eigenvalue weighted by molar-refractivity contribution is 5.80. The number of carbonyl (C=O) groups excluding carboxylic acids is 2. The fourth-order valence-corrected chi connectivity index (χ4v) is 2.23. The van der Waals surface area contributed by atoms with Crippen LogP contribution in [0.4, 0.5) is 5.95 Å². The minimum atomic E-state index is -0.483. The second-order valence-electron chi connectivity index (χ2n) is 5.08. The van der Waals surface area contributed by atoms with Gasteiger partial charge >= 0.3 is 5.97 Å². The SMILES string of the molecule is C#CCNC(=O)COC(=O)CCc1c(C)nc2nc(N)nn2c1C. The molecule has 0 fully saturated rings. The van der Waals surface area contributed by atoms with Crippen LogP contribution in [-0.2, 0) is 20.7 Å². The number of fused-ring (bicyclic) bond motifs is 1. The number of carbonyl (C=O) groups is 2. The maximum atomic E-state index is 11.8. The van der Waals surface area contributed by atoms with Gasteiger partial charge in [-0.1, -0.05) is 5.92 Å². The van der Waals surface area contributed by atoms with Crippen LogP contribution in [0.3, 0.4) is 0 Å². The monoisotopic (exact) mass is 330 g/mol. The third-order valence-corrected chi connectivity index (χ3v) is 3.40. The first-order chi connectivity index (χ1) is 11.4. The minimum Gasteiger partial charge on any atom is -0.456 e. The first-order valence-corrected chi connectivity index (χ1v) is 7.26. The number of nitrogens with one attached hydrogen (secondary N) is 1. The Bertz CT molecular complexity index is 821. The number of amides is 1. The molecule has 2 rings (SSSR count). The number of terminal acetylenes is 1. The average Bonchev–Trinajstić information content (AvgIpc) is 2.91. The number of anilines is 1. The standard InChI is InChI=1S/C15H18N6O3/c1-4-7-17-12(22)8-24-13(23)6-5-11-9(2)18-15-19-14(16)20-21(15)10(11)3/h1H,5-8H2,2-3H3,(H2,16,20)(H,17,22). The molecule has 0 bridgehead atoms. The minimum absolute atomic E-state index is 0.0987. The highest BCUT2D eigenvalue weighted by atomic mass is 16.5. The van der Waals surface area contributed by atoms with E-state index < -0.39 is 11.9 Å². The third-order valence-electron chi connectivity index (χ3n) is 3.40. The number of aromatic nitrogens is 4. The van der Waals surface area contributed by atoms with E-state index in [0.717, 1.165) is 17.0 Å². The lowest BCUT2D eigenvalue weighted by atomic mass is 10.1. The molecule has 9 heteroatoms. The van der Waals surface area contributed by atoms with E-state index in [2.05, 4.69) is 26.3 Å². The van der Waals surface area contributed by atoms with Gasteiger partial charge in [-0.3, -0.25) is 9.59 Å². The van der Waals surface area contributed by atoms with Crippen molar-refractivity contribution in [2.45, 2.75) is 26.7 Å². The number of hydrogen-bond acceptors (Lipinski definition) is 7. The zero-order chi connectivity index (χ0) is 17.7. The second-order valence-corrected chi connectivity index (χ2v) is 5.08. The summed E-state index contributed by atoms with van der Waals surface area (Å²) in [6.07, 6.45) is 5.54. The van der Waals surface area contributed by atoms with E-state index in [1.54, 1.807) is 0 Å². The van der Waals surface area contributed by atoms with Crippen molar-refractivity contribution in [3.63, 3.8) is 0 Å². The molecule has 0 saturated heterocycles. The van der Waals surface area contributed by atoms with Crippen LogP contribution in [0.25, 0.3) is 5.78 Å². The molecule has 0 atom stereocenters. The summed E-state index contributed by atoms with van der Waals surface area (Å²) in [6.45, 7) is 3.42. The lowest BCUT2D eigenvalue weighted by molar-refractivity contribution is -0.148. The molecule has 0 aliphatic heterocycles. The Morgan fingerprint density at radius 3 is 2.83 bits per heavy atom. The molecular formula is C15H18N6O3. The van der Waals surface area contributed by atoms with Crippen molar-refractivity contribution in [2.24, 2.45) is 0 Å². The lowest BCUT2D eigenvalue weighted by Crippen LogP contribution is -2.29. The van der Waals surface area contributed by atoms with Crippen LogP contribution in [0.1, 0.15) is 23.4 Å². The predicted molar refractivity (Wildman–Crippen MR) is 85.8 cm³/mol. The van der Waals surface area contributed by atoms with E-state index in [9.17, 15) is 9.59 Å². The largest absolute Gasteiger partial charge is 0.456 e. The van der Waals surface area contributed by atoms with Crippen LogP contribution in [-0.4, -0.2) is 44.6 Å². The molecule has 9 nitrogen and oxygen atoms in total. The van der Waals surface area contributed by atoms with E-state index in [1.807, 2.05) is 13.8 Å². The van der Waals surface area contributed by atoms with Gasteiger partial charge in [-0.05, 0) is 25.8 Å². The Morgan fingerprint density at radius 1 is 1.38 bits per heavy atom. The van der Waals surface area contributed by atoms with Gasteiger partial charge in [0.2, 0.25) is 5.95 Å². The molecule has 3 N–H and O–H groups in total. The number of ether oxygens (including phenoxy) is 1. The maximum Gasteiger partial charge on any atom is 0.306 e. The molecule has 1 amide bonds. The zero-order valence-corrected chi connectivity index (χ0v) is 13.5. The number of nitrogen functional groups attached to an aromatic ring is 1. The van der Waals surface area contributed by atoms with Gasteiger partial charge in [0.25, 0.3) is 11.7 Å². The zero-order valence-electron chi connectivity index (χ0n) is 13.5. The van der Waals surface area contributed by atoms with E-state index in [4.69, 9.17) is 16.9 Å². The smallest absolute Gasteiger partial charge is 0.306 e. The summed E-state index contributed by atoms with van der Waals surface area (Å²) in [4.78, 5) is 31.4. The van der Waals surface area contributed by atoms with Crippen molar-refractivity contribution >= 4 is 23.6 Å². The fraction of sp³-hybridized carbons (Fsp3) is 0.400. The molecule has 2 heterocycles. The molecule has 0 unspecified atom stereocenters. The molecular weight excluding hydrogens is 312 g/mol. The first-order valence-electron chi connectivity index (χ1n) is 7.26. The highest BCUT2D eigenvalue weighted by Gasteiger charge is 2.14. The number of aryl methyl sites for hydroxylation is 2. The van der Waals surface area contributed by atoms with E-state index >= 15 is 0 Å². The van der Waals surface area contributed by atoms with Crippen molar-refractivity contribution in [2.75, 3.05) is 18.9 Å². The molecule has 0 radical (unpaired) electrons. The summed E-state index contributed by atoms with van der Waals surface area (Å²) in [5.41, 5.74) is 7.99. The van der Waals surface area contributed by atoms with Crippen molar-refractivity contribution in [3.8, 4) is 12.3 Å². The molecule has 0 aliphatic carbocycles. The molecule has 0 saturated carbocycles. The van der Waals surface area contributed by atoms with Crippen molar-refractivity contribution in [1.29, 1.82) is 0 Å². The Labute approximate surface area is 138 Å². The van der Waals surface area contributed by atoms with Gasteiger partial charge in [0.05, 0.1) is 6.54 Å². The average molecular weight is 330 g/mol. The van der Waals surface area contributed by atoms with E-state index in [-0.39, 0.29) is 25.5 Å². The summed E-state index contributed by atoms with van der Waals surface area (Å²) in [6, 6.07) is 0. The maximum absolute atomic E-state index is 11.8. The highest BCUT2D eigenvalue weighted by Crippen LogP contribution is 2.16. The summed E-state index contributed by atoms with van der Waals surface area (Å²) >= 11 is 0. The van der Waals surface area contributed by atoms with Crippen LogP contribution in [0.2, 0.25) is 0 Å². The van der Waals surface area contributed by atoms with Gasteiger partial charge in [0.15, 0.2) is 6.61 Å². The fourth-order valence-electron chi connectivity index (χ4n) is 2.23. The molecule has 2 aromatic heterocycles. The normalized spacial score (nSPS) is 10.4. The molecule has 0 spiro atoms. The quantitative estimate of drug-likeness (QED) is 0.543. The predicted octanol–water partition coefficient (Wildman–Crippen LogP) is -0.451. The topological polar surface area (TPSA) is 124 Å². The molecule has 0 aromatic carbocycles. The van der Waals surface area contributed by atoms with E-state index in [0.29, 0.717) is 12.2 Å². The van der Waals surface area contributed by atoms with E-state index in [1.165, 1.54) is 4.52 Å². The third kappa shape index (κ3) is 3.98. The van der Waals surface area contributed by atoms with Gasteiger partial charge in [0.1, 0.15) is 0 Å². The van der Waals surface area contributed by atoms with Crippen LogP contribution < -0.4 is 11.1 Å². The van der Waals surface area contributed by atoms with Crippen molar-refractivity contribution in [3.05, 3.63) is 17.0 Å². The van der Waals surface area contributed by atoms with Gasteiger partial charge in [-0.25, -0.2) is 4.98 Å².